The van der Waals surface area contributed by atoms with Crippen molar-refractivity contribution in [2.75, 3.05) is 13.7 Å². The lowest BCUT2D eigenvalue weighted by atomic mass is 10.1. The third-order valence-corrected chi connectivity index (χ3v) is 3.13. The molecular weight excluding hydrogens is 278 g/mol. The molecule has 0 aliphatic carbocycles. The molecule has 0 saturated carbocycles. The maximum absolute atomic E-state index is 13.4. The van der Waals surface area contributed by atoms with Crippen molar-refractivity contribution in [1.82, 2.24) is 10.4 Å². The maximum Gasteiger partial charge on any atom is 0.327 e. The highest BCUT2D eigenvalue weighted by Crippen LogP contribution is 2.14. The Labute approximate surface area is 123 Å². The van der Waals surface area contributed by atoms with Crippen molar-refractivity contribution < 1.29 is 18.3 Å². The van der Waals surface area contributed by atoms with Gasteiger partial charge in [0.05, 0.1) is 6.61 Å². The van der Waals surface area contributed by atoms with E-state index in [1.807, 2.05) is 0 Å². The number of halogens is 2. The highest BCUT2D eigenvalue weighted by Gasteiger charge is 2.33. The molecule has 6 heteroatoms. The SMILES string of the molecule is CCOC(=O)C(C)(C)N(C)N/C=C\c1cccc(F)c1F. The zero-order valence-corrected chi connectivity index (χ0v) is 12.6. The molecular formula is C15H20F2N2O2. The van der Waals surface area contributed by atoms with Crippen LogP contribution in [0.25, 0.3) is 6.08 Å². The van der Waals surface area contributed by atoms with E-state index in [4.69, 9.17) is 4.74 Å². The minimum absolute atomic E-state index is 0.116. The minimum Gasteiger partial charge on any atom is -0.465 e. The number of hydrazine groups is 1. The highest BCUT2D eigenvalue weighted by atomic mass is 19.2. The first-order chi connectivity index (χ1) is 9.80. The topological polar surface area (TPSA) is 41.6 Å². The summed E-state index contributed by atoms with van der Waals surface area (Å²) in [5.41, 5.74) is 2.03. The lowest BCUT2D eigenvalue weighted by Crippen LogP contribution is -2.53. The van der Waals surface area contributed by atoms with Crippen LogP contribution in [-0.4, -0.2) is 30.2 Å². The lowest BCUT2D eigenvalue weighted by Gasteiger charge is -2.32. The highest BCUT2D eigenvalue weighted by molar-refractivity contribution is 5.79. The zero-order valence-electron chi connectivity index (χ0n) is 12.6. The number of hydrogen-bond donors (Lipinski definition) is 1. The van der Waals surface area contributed by atoms with Gasteiger partial charge in [-0.2, -0.15) is 0 Å². The van der Waals surface area contributed by atoms with E-state index in [9.17, 15) is 13.6 Å². The molecule has 0 heterocycles. The van der Waals surface area contributed by atoms with E-state index in [1.54, 1.807) is 27.8 Å². The summed E-state index contributed by atoms with van der Waals surface area (Å²) < 4.78 is 31.5. The molecule has 0 unspecified atom stereocenters. The molecule has 116 valence electrons. The summed E-state index contributed by atoms with van der Waals surface area (Å²) in [6.45, 7) is 5.40. The van der Waals surface area contributed by atoms with Gasteiger partial charge in [0, 0.05) is 18.8 Å². The van der Waals surface area contributed by atoms with Crippen LogP contribution in [0.15, 0.2) is 24.4 Å². The molecule has 21 heavy (non-hydrogen) atoms. The first kappa shape index (κ1) is 17.1. The summed E-state index contributed by atoms with van der Waals surface area (Å²) in [7, 11) is 1.66. The molecule has 0 aliphatic rings. The predicted octanol–water partition coefficient (Wildman–Crippen LogP) is 2.71. The number of hydrogen-bond acceptors (Lipinski definition) is 4. The van der Waals surface area contributed by atoms with Crippen LogP contribution in [0, 0.1) is 11.6 Å². The molecule has 0 atom stereocenters. The van der Waals surface area contributed by atoms with E-state index < -0.39 is 17.2 Å². The molecule has 1 aromatic rings. The van der Waals surface area contributed by atoms with Crippen molar-refractivity contribution in [2.45, 2.75) is 26.3 Å². The van der Waals surface area contributed by atoms with Crippen LogP contribution >= 0.6 is 0 Å². The Morgan fingerprint density at radius 2 is 2.10 bits per heavy atom. The van der Waals surface area contributed by atoms with Crippen molar-refractivity contribution in [3.8, 4) is 0 Å². The Morgan fingerprint density at radius 3 is 2.71 bits per heavy atom. The number of carbonyl (C=O) groups excluding carboxylic acids is 1. The van der Waals surface area contributed by atoms with Gasteiger partial charge in [-0.05, 0) is 32.9 Å². The monoisotopic (exact) mass is 298 g/mol. The summed E-state index contributed by atoms with van der Waals surface area (Å²) in [5.74, 6) is -2.20. The van der Waals surface area contributed by atoms with Crippen LogP contribution < -0.4 is 5.43 Å². The van der Waals surface area contributed by atoms with E-state index in [-0.39, 0.29) is 11.5 Å². The number of benzene rings is 1. The van der Waals surface area contributed by atoms with E-state index in [1.165, 1.54) is 29.4 Å². The molecule has 0 aliphatic heterocycles. The van der Waals surface area contributed by atoms with E-state index in [2.05, 4.69) is 5.43 Å². The average molecular weight is 298 g/mol. The Hall–Kier alpha value is -1.95. The number of nitrogens with one attached hydrogen (secondary N) is 1. The second-order valence-corrected chi connectivity index (χ2v) is 4.94. The van der Waals surface area contributed by atoms with Crippen LogP contribution in [0.1, 0.15) is 26.3 Å². The van der Waals surface area contributed by atoms with Crippen molar-refractivity contribution in [1.29, 1.82) is 0 Å². The summed E-state index contributed by atoms with van der Waals surface area (Å²) in [6, 6.07) is 3.92. The van der Waals surface area contributed by atoms with Crippen molar-refractivity contribution in [3.63, 3.8) is 0 Å². The third-order valence-electron chi connectivity index (χ3n) is 3.13. The van der Waals surface area contributed by atoms with Gasteiger partial charge in [0.2, 0.25) is 0 Å². The number of likely N-dealkylation sites (N-methyl/N-ethyl adjacent to an activating group) is 1. The molecule has 0 aromatic heterocycles. The van der Waals surface area contributed by atoms with Gasteiger partial charge in [-0.25, -0.2) is 18.6 Å². The Kier molecular flexibility index (Phi) is 5.84. The van der Waals surface area contributed by atoms with Crippen molar-refractivity contribution >= 4 is 12.0 Å². The predicted molar refractivity (Wildman–Crippen MR) is 77.0 cm³/mol. The molecule has 4 nitrogen and oxygen atoms in total. The van der Waals surface area contributed by atoms with Gasteiger partial charge in [-0.3, -0.25) is 0 Å². The number of rotatable bonds is 6. The van der Waals surface area contributed by atoms with Gasteiger partial charge in [-0.15, -0.1) is 0 Å². The minimum atomic E-state index is -0.914. The first-order valence-electron chi connectivity index (χ1n) is 6.58. The standard InChI is InChI=1S/C15H20F2N2O2/c1-5-21-14(20)15(2,3)19(4)18-10-9-11-7-6-8-12(16)13(11)17/h6-10,18H,5H2,1-4H3/b10-9-. The number of esters is 1. The van der Waals surface area contributed by atoms with Gasteiger partial charge >= 0.3 is 5.97 Å². The lowest BCUT2D eigenvalue weighted by molar-refractivity contribution is -0.156. The normalized spacial score (nSPS) is 12.0. The van der Waals surface area contributed by atoms with E-state index in [0.717, 1.165) is 6.07 Å². The van der Waals surface area contributed by atoms with Gasteiger partial charge < -0.3 is 10.2 Å². The molecule has 0 amide bonds. The number of carbonyl (C=O) groups is 1. The van der Waals surface area contributed by atoms with Crippen LogP contribution in [-0.2, 0) is 9.53 Å². The number of ether oxygens (including phenoxy) is 1. The van der Waals surface area contributed by atoms with E-state index >= 15 is 0 Å². The third kappa shape index (κ3) is 4.26. The van der Waals surface area contributed by atoms with E-state index in [0.29, 0.717) is 6.61 Å². The van der Waals surface area contributed by atoms with Gasteiger partial charge in [0.15, 0.2) is 11.6 Å². The quantitative estimate of drug-likeness (QED) is 0.647. The van der Waals surface area contributed by atoms with Gasteiger partial charge in [0.25, 0.3) is 0 Å². The molecule has 0 bridgehead atoms. The fraction of sp³-hybridized carbons (Fsp3) is 0.400. The molecule has 0 fully saturated rings. The molecule has 0 spiro atoms. The van der Waals surface area contributed by atoms with Crippen LogP contribution in [0.3, 0.4) is 0 Å². The fourth-order valence-corrected chi connectivity index (χ4v) is 1.49. The van der Waals surface area contributed by atoms with Gasteiger partial charge in [-0.1, -0.05) is 12.1 Å². The Balaban J connectivity index is 2.71. The Morgan fingerprint density at radius 1 is 1.43 bits per heavy atom. The molecule has 0 saturated heterocycles. The van der Waals surface area contributed by atoms with Crippen molar-refractivity contribution in [2.24, 2.45) is 0 Å². The Bertz CT molecular complexity index is 530. The number of nitrogens with zero attached hydrogens (tertiary/aromatic N) is 1. The van der Waals surface area contributed by atoms with Crippen LogP contribution in [0.2, 0.25) is 0 Å². The molecule has 0 radical (unpaired) electrons. The molecule has 1 rings (SSSR count). The fourth-order valence-electron chi connectivity index (χ4n) is 1.49. The largest absolute Gasteiger partial charge is 0.465 e. The van der Waals surface area contributed by atoms with Crippen LogP contribution in [0.5, 0.6) is 0 Å². The smallest absolute Gasteiger partial charge is 0.327 e. The summed E-state index contributed by atoms with van der Waals surface area (Å²) >= 11 is 0. The van der Waals surface area contributed by atoms with Gasteiger partial charge in [0.1, 0.15) is 5.54 Å². The second kappa shape index (κ2) is 7.17. The summed E-state index contributed by atoms with van der Waals surface area (Å²) in [6.07, 6.45) is 2.81. The zero-order chi connectivity index (χ0) is 16.0. The summed E-state index contributed by atoms with van der Waals surface area (Å²) in [5, 5.41) is 1.53. The van der Waals surface area contributed by atoms with Crippen LogP contribution in [0.4, 0.5) is 8.78 Å². The molecule has 1 N–H and O–H groups in total. The first-order valence-corrected chi connectivity index (χ1v) is 6.58. The maximum atomic E-state index is 13.4. The molecule has 1 aromatic carbocycles. The second-order valence-electron chi connectivity index (χ2n) is 4.94. The average Bonchev–Trinajstić information content (AvgIpc) is 2.43. The van der Waals surface area contributed by atoms with Crippen molar-refractivity contribution in [3.05, 3.63) is 41.6 Å². The summed E-state index contributed by atoms with van der Waals surface area (Å²) in [4.78, 5) is 11.8.